The molecule has 1 rings (SSSR count). The van der Waals surface area contributed by atoms with Crippen molar-refractivity contribution in [2.75, 3.05) is 20.3 Å². The maximum absolute atomic E-state index is 5.59. The quantitative estimate of drug-likeness (QED) is 0.905. The van der Waals surface area contributed by atoms with Gasteiger partial charge in [-0.15, -0.1) is 0 Å². The molecule has 0 aliphatic carbocycles. The smallest absolute Gasteiger partial charge is 0.169 e. The van der Waals surface area contributed by atoms with Crippen LogP contribution in [0.4, 0.5) is 0 Å². The number of methoxy groups -OCH3 is 1. The molecule has 0 bridgehead atoms. The second-order valence-electron chi connectivity index (χ2n) is 3.06. The molecule has 16 heavy (non-hydrogen) atoms. The van der Waals surface area contributed by atoms with Gasteiger partial charge in [-0.05, 0) is 19.1 Å². The van der Waals surface area contributed by atoms with Gasteiger partial charge in [-0.2, -0.15) is 0 Å². The molecule has 4 heteroatoms. The van der Waals surface area contributed by atoms with Crippen molar-refractivity contribution in [1.29, 1.82) is 0 Å². The monoisotopic (exact) mass is 285 g/mol. The molecule has 0 radical (unpaired) electrons. The van der Waals surface area contributed by atoms with Crippen LogP contribution in [0.1, 0.15) is 12.5 Å². The average molecular weight is 286 g/mol. The van der Waals surface area contributed by atoms with E-state index in [1.54, 1.807) is 7.11 Å². The highest BCUT2D eigenvalue weighted by Crippen LogP contribution is 2.37. The first-order chi connectivity index (χ1) is 7.74. The number of benzene rings is 1. The van der Waals surface area contributed by atoms with Crippen LogP contribution < -0.4 is 15.2 Å². The predicted octanol–water partition coefficient (Wildman–Crippen LogP) is 2.83. The van der Waals surface area contributed by atoms with Crippen LogP contribution in [-0.2, 0) is 0 Å². The van der Waals surface area contributed by atoms with E-state index in [1.807, 2.05) is 31.2 Å². The first-order valence-electron chi connectivity index (χ1n) is 5.10. The summed E-state index contributed by atoms with van der Waals surface area (Å²) in [6.45, 7) is 3.03. The number of hydrogen-bond acceptors (Lipinski definition) is 3. The lowest BCUT2D eigenvalue weighted by Gasteiger charge is -2.13. The molecule has 0 fully saturated rings. The van der Waals surface area contributed by atoms with Gasteiger partial charge in [0.2, 0.25) is 0 Å². The summed E-state index contributed by atoms with van der Waals surface area (Å²) < 4.78 is 11.8. The Bertz CT molecular complexity index is 378. The van der Waals surface area contributed by atoms with E-state index in [9.17, 15) is 0 Å². The molecule has 0 aliphatic rings. The van der Waals surface area contributed by atoms with Crippen LogP contribution >= 0.6 is 15.9 Å². The van der Waals surface area contributed by atoms with Gasteiger partial charge in [0.25, 0.3) is 0 Å². The zero-order valence-corrected chi connectivity index (χ0v) is 11.1. The lowest BCUT2D eigenvalue weighted by atomic mass is 10.1. The summed E-state index contributed by atoms with van der Waals surface area (Å²) in [5.41, 5.74) is 6.40. The van der Waals surface area contributed by atoms with E-state index in [0.29, 0.717) is 13.2 Å². The van der Waals surface area contributed by atoms with Crippen molar-refractivity contribution in [3.8, 4) is 11.5 Å². The van der Waals surface area contributed by atoms with E-state index in [1.165, 1.54) is 0 Å². The van der Waals surface area contributed by atoms with Crippen molar-refractivity contribution >= 4 is 22.0 Å². The predicted molar refractivity (Wildman–Crippen MR) is 70.0 cm³/mol. The van der Waals surface area contributed by atoms with E-state index in [-0.39, 0.29) is 0 Å². The van der Waals surface area contributed by atoms with Crippen molar-refractivity contribution in [2.45, 2.75) is 6.92 Å². The molecular weight excluding hydrogens is 270 g/mol. The standard InChI is InChI=1S/C12H16BrNO2/c1-3-16-12-9(5-4-8-14)10(13)6-7-11(12)15-2/h4-7H,3,8,14H2,1-2H3/b5-4+. The van der Waals surface area contributed by atoms with Crippen molar-refractivity contribution < 1.29 is 9.47 Å². The van der Waals surface area contributed by atoms with Gasteiger partial charge in [-0.1, -0.05) is 28.1 Å². The highest BCUT2D eigenvalue weighted by atomic mass is 79.9. The Kier molecular flexibility index (Phi) is 5.35. The Hall–Kier alpha value is -1.00. The fraction of sp³-hybridized carbons (Fsp3) is 0.333. The Labute approximate surface area is 104 Å². The maximum Gasteiger partial charge on any atom is 0.169 e. The molecule has 0 heterocycles. The number of halogens is 1. The summed E-state index contributed by atoms with van der Waals surface area (Å²) in [7, 11) is 1.63. The molecule has 1 aromatic rings. The summed E-state index contributed by atoms with van der Waals surface area (Å²) in [4.78, 5) is 0. The minimum atomic E-state index is 0.495. The molecule has 1 aromatic carbocycles. The Balaban J connectivity index is 3.23. The molecule has 0 saturated heterocycles. The molecule has 0 aromatic heterocycles. The number of rotatable bonds is 5. The fourth-order valence-electron chi connectivity index (χ4n) is 1.35. The van der Waals surface area contributed by atoms with Crippen LogP contribution in [0.3, 0.4) is 0 Å². The van der Waals surface area contributed by atoms with Crippen LogP contribution in [0.25, 0.3) is 6.08 Å². The molecule has 0 unspecified atom stereocenters. The van der Waals surface area contributed by atoms with E-state index in [4.69, 9.17) is 15.2 Å². The zero-order chi connectivity index (χ0) is 12.0. The summed E-state index contributed by atoms with van der Waals surface area (Å²) in [6, 6.07) is 3.80. The van der Waals surface area contributed by atoms with Crippen molar-refractivity contribution in [3.05, 3.63) is 28.2 Å². The third kappa shape index (κ3) is 3.00. The van der Waals surface area contributed by atoms with Crippen molar-refractivity contribution in [2.24, 2.45) is 5.73 Å². The molecule has 2 N–H and O–H groups in total. The van der Waals surface area contributed by atoms with E-state index in [2.05, 4.69) is 15.9 Å². The van der Waals surface area contributed by atoms with Gasteiger partial charge in [-0.25, -0.2) is 0 Å². The van der Waals surface area contributed by atoms with Crippen LogP contribution in [0, 0.1) is 0 Å². The molecule has 0 amide bonds. The highest BCUT2D eigenvalue weighted by molar-refractivity contribution is 9.10. The molecular formula is C12H16BrNO2. The Morgan fingerprint density at radius 3 is 2.75 bits per heavy atom. The third-order valence-corrected chi connectivity index (χ3v) is 2.73. The van der Waals surface area contributed by atoms with Crippen LogP contribution in [0.5, 0.6) is 11.5 Å². The topological polar surface area (TPSA) is 44.5 Å². The second-order valence-corrected chi connectivity index (χ2v) is 3.92. The molecule has 88 valence electrons. The number of hydrogen-bond donors (Lipinski definition) is 1. The summed E-state index contributed by atoms with van der Waals surface area (Å²) in [5, 5.41) is 0. The van der Waals surface area contributed by atoms with E-state index in [0.717, 1.165) is 21.5 Å². The lowest BCUT2D eigenvalue weighted by molar-refractivity contribution is 0.310. The first kappa shape index (κ1) is 13.1. The average Bonchev–Trinajstić information content (AvgIpc) is 2.29. The van der Waals surface area contributed by atoms with Crippen molar-refractivity contribution in [1.82, 2.24) is 0 Å². The van der Waals surface area contributed by atoms with Gasteiger partial charge in [0.05, 0.1) is 13.7 Å². The summed E-state index contributed by atoms with van der Waals surface area (Å²) >= 11 is 3.48. The van der Waals surface area contributed by atoms with Gasteiger partial charge in [0.15, 0.2) is 11.5 Å². The van der Waals surface area contributed by atoms with Crippen LogP contribution in [-0.4, -0.2) is 20.3 Å². The van der Waals surface area contributed by atoms with Crippen LogP contribution in [0.15, 0.2) is 22.7 Å². The molecule has 0 aliphatic heterocycles. The number of ether oxygens (including phenoxy) is 2. The SMILES string of the molecule is CCOc1c(OC)ccc(Br)c1/C=C/CN. The summed E-state index contributed by atoms with van der Waals surface area (Å²) in [5.74, 6) is 1.46. The minimum absolute atomic E-state index is 0.495. The molecule has 3 nitrogen and oxygen atoms in total. The fourth-order valence-corrected chi connectivity index (χ4v) is 1.80. The van der Waals surface area contributed by atoms with Gasteiger partial charge < -0.3 is 15.2 Å². The Morgan fingerprint density at radius 2 is 2.19 bits per heavy atom. The lowest BCUT2D eigenvalue weighted by Crippen LogP contribution is -1.99. The van der Waals surface area contributed by atoms with Gasteiger partial charge >= 0.3 is 0 Å². The largest absolute Gasteiger partial charge is 0.493 e. The van der Waals surface area contributed by atoms with Gasteiger partial charge in [0, 0.05) is 16.6 Å². The maximum atomic E-state index is 5.59. The molecule has 0 saturated carbocycles. The zero-order valence-electron chi connectivity index (χ0n) is 9.50. The third-order valence-electron chi connectivity index (χ3n) is 2.04. The first-order valence-corrected chi connectivity index (χ1v) is 5.89. The Morgan fingerprint density at radius 1 is 1.44 bits per heavy atom. The highest BCUT2D eigenvalue weighted by Gasteiger charge is 2.11. The molecule has 0 atom stereocenters. The number of nitrogens with two attached hydrogens (primary N) is 1. The van der Waals surface area contributed by atoms with E-state index < -0.39 is 0 Å². The van der Waals surface area contributed by atoms with Gasteiger partial charge in [-0.3, -0.25) is 0 Å². The second kappa shape index (κ2) is 6.55. The summed E-state index contributed by atoms with van der Waals surface area (Å²) in [6.07, 6.45) is 3.81. The van der Waals surface area contributed by atoms with Crippen molar-refractivity contribution in [3.63, 3.8) is 0 Å². The van der Waals surface area contributed by atoms with Gasteiger partial charge in [0.1, 0.15) is 0 Å². The normalized spacial score (nSPS) is 10.8. The van der Waals surface area contributed by atoms with E-state index >= 15 is 0 Å². The molecule has 0 spiro atoms. The van der Waals surface area contributed by atoms with Crippen LogP contribution in [0.2, 0.25) is 0 Å². The minimum Gasteiger partial charge on any atom is -0.493 e.